The van der Waals surface area contributed by atoms with E-state index in [0.717, 1.165) is 55.6 Å². The Bertz CT molecular complexity index is 862. The molecule has 1 aliphatic heterocycles. The van der Waals surface area contributed by atoms with E-state index in [-0.39, 0.29) is 5.41 Å². The zero-order valence-electron chi connectivity index (χ0n) is 18.9. The molecule has 0 unspecified atom stereocenters. The number of hydrogen-bond acceptors (Lipinski definition) is 5. The molecule has 1 fully saturated rings. The Balaban J connectivity index is 1.66. The van der Waals surface area contributed by atoms with Gasteiger partial charge in [-0.15, -0.1) is 0 Å². The van der Waals surface area contributed by atoms with Crippen LogP contribution >= 0.6 is 0 Å². The second-order valence-electron chi connectivity index (χ2n) is 7.59. The average Bonchev–Trinajstić information content (AvgIpc) is 2.84. The van der Waals surface area contributed by atoms with Gasteiger partial charge in [-0.2, -0.15) is 0 Å². The fraction of sp³-hybridized carbons (Fsp3) is 0.458. The van der Waals surface area contributed by atoms with Crippen molar-refractivity contribution in [2.75, 3.05) is 48.1 Å². The Kier molecular flexibility index (Phi) is 8.00. The SMILES string of the molecule is CN=C(NCc1ccc(OC)c(OC)c1)NCC1(c2ccc(OC)cc2)CCOCC1. The van der Waals surface area contributed by atoms with Gasteiger partial charge in [0, 0.05) is 38.8 Å². The molecule has 3 rings (SSSR count). The number of hydrogen-bond donors (Lipinski definition) is 2. The first-order chi connectivity index (χ1) is 15.1. The summed E-state index contributed by atoms with van der Waals surface area (Å²) in [7, 11) is 6.75. The number of guanidine groups is 1. The molecule has 0 radical (unpaired) electrons. The van der Waals surface area contributed by atoms with Crippen LogP contribution in [0.4, 0.5) is 0 Å². The number of methoxy groups -OCH3 is 3. The molecule has 0 spiro atoms. The van der Waals surface area contributed by atoms with E-state index in [9.17, 15) is 0 Å². The lowest BCUT2D eigenvalue weighted by atomic mass is 9.74. The third kappa shape index (κ3) is 5.61. The van der Waals surface area contributed by atoms with E-state index in [4.69, 9.17) is 18.9 Å². The summed E-state index contributed by atoms with van der Waals surface area (Å²) in [6.45, 7) is 2.91. The summed E-state index contributed by atoms with van der Waals surface area (Å²) in [5.41, 5.74) is 2.36. The van der Waals surface area contributed by atoms with Crippen molar-refractivity contribution in [3.05, 3.63) is 53.6 Å². The second-order valence-corrected chi connectivity index (χ2v) is 7.59. The summed E-state index contributed by atoms with van der Waals surface area (Å²) in [5, 5.41) is 6.92. The van der Waals surface area contributed by atoms with Gasteiger partial charge < -0.3 is 29.6 Å². The highest BCUT2D eigenvalue weighted by atomic mass is 16.5. The molecule has 0 amide bonds. The molecule has 0 saturated carbocycles. The van der Waals surface area contributed by atoms with E-state index in [2.05, 4.69) is 27.8 Å². The van der Waals surface area contributed by atoms with Gasteiger partial charge in [-0.1, -0.05) is 18.2 Å². The topological polar surface area (TPSA) is 73.3 Å². The molecule has 0 aliphatic carbocycles. The number of nitrogens with zero attached hydrogens (tertiary/aromatic N) is 1. The fourth-order valence-electron chi connectivity index (χ4n) is 3.92. The van der Waals surface area contributed by atoms with Crippen LogP contribution in [0.1, 0.15) is 24.0 Å². The molecule has 1 aliphatic rings. The lowest BCUT2D eigenvalue weighted by Gasteiger charge is -2.38. The van der Waals surface area contributed by atoms with Gasteiger partial charge in [-0.25, -0.2) is 0 Å². The van der Waals surface area contributed by atoms with Crippen molar-refractivity contribution < 1.29 is 18.9 Å². The Morgan fingerprint density at radius 2 is 1.65 bits per heavy atom. The molecule has 2 aromatic rings. The normalized spacial score (nSPS) is 15.8. The number of ether oxygens (including phenoxy) is 4. The van der Waals surface area contributed by atoms with Crippen LogP contribution in [0.25, 0.3) is 0 Å². The summed E-state index contributed by atoms with van der Waals surface area (Å²) < 4.78 is 21.7. The molecular weight excluding hydrogens is 394 g/mol. The molecule has 1 saturated heterocycles. The summed E-state index contributed by atoms with van der Waals surface area (Å²) in [6, 6.07) is 14.3. The van der Waals surface area contributed by atoms with Crippen LogP contribution in [0.3, 0.4) is 0 Å². The standard InChI is InChI=1S/C24H33N3O4/c1-25-23(26-16-18-5-10-21(29-3)22(15-18)30-4)27-17-24(11-13-31-14-12-24)19-6-8-20(28-2)9-7-19/h5-10,15H,11-14,16-17H2,1-4H3,(H2,25,26,27). The van der Waals surface area contributed by atoms with E-state index in [0.29, 0.717) is 12.3 Å². The fourth-order valence-corrected chi connectivity index (χ4v) is 3.92. The van der Waals surface area contributed by atoms with Gasteiger partial charge in [-0.05, 0) is 48.2 Å². The van der Waals surface area contributed by atoms with Crippen molar-refractivity contribution >= 4 is 5.96 Å². The molecule has 2 N–H and O–H groups in total. The highest BCUT2D eigenvalue weighted by molar-refractivity contribution is 5.79. The van der Waals surface area contributed by atoms with E-state index in [1.807, 2.05) is 30.3 Å². The molecule has 7 heteroatoms. The molecule has 0 aromatic heterocycles. The molecule has 31 heavy (non-hydrogen) atoms. The highest BCUT2D eigenvalue weighted by Gasteiger charge is 2.34. The van der Waals surface area contributed by atoms with Crippen molar-refractivity contribution in [1.29, 1.82) is 0 Å². The molecule has 7 nitrogen and oxygen atoms in total. The van der Waals surface area contributed by atoms with Crippen LogP contribution in [0.5, 0.6) is 17.2 Å². The van der Waals surface area contributed by atoms with E-state index < -0.39 is 0 Å². The smallest absolute Gasteiger partial charge is 0.191 e. The van der Waals surface area contributed by atoms with Crippen LogP contribution in [-0.4, -0.2) is 54.1 Å². The van der Waals surface area contributed by atoms with Crippen LogP contribution in [0, 0.1) is 0 Å². The van der Waals surface area contributed by atoms with E-state index in [1.54, 1.807) is 28.4 Å². The first-order valence-corrected chi connectivity index (χ1v) is 10.5. The number of nitrogens with one attached hydrogen (secondary N) is 2. The molecule has 2 aromatic carbocycles. The van der Waals surface area contributed by atoms with Crippen molar-refractivity contribution in [3.63, 3.8) is 0 Å². The average molecular weight is 428 g/mol. The summed E-state index contributed by atoms with van der Waals surface area (Å²) in [4.78, 5) is 4.40. The maximum absolute atomic E-state index is 5.65. The maximum atomic E-state index is 5.65. The molecule has 1 heterocycles. The predicted molar refractivity (Wildman–Crippen MR) is 122 cm³/mol. The van der Waals surface area contributed by atoms with Gasteiger partial charge in [0.2, 0.25) is 0 Å². The van der Waals surface area contributed by atoms with Gasteiger partial charge in [-0.3, -0.25) is 4.99 Å². The summed E-state index contributed by atoms with van der Waals surface area (Å²) >= 11 is 0. The van der Waals surface area contributed by atoms with Crippen molar-refractivity contribution in [3.8, 4) is 17.2 Å². The van der Waals surface area contributed by atoms with E-state index >= 15 is 0 Å². The number of rotatable bonds is 8. The molecule has 168 valence electrons. The van der Waals surface area contributed by atoms with Crippen molar-refractivity contribution in [2.24, 2.45) is 4.99 Å². The minimum atomic E-state index is -0.00846. The minimum absolute atomic E-state index is 0.00846. The Hall–Kier alpha value is -2.93. The Labute approximate surface area is 184 Å². The largest absolute Gasteiger partial charge is 0.497 e. The van der Waals surface area contributed by atoms with Crippen LogP contribution in [-0.2, 0) is 16.7 Å². The van der Waals surface area contributed by atoms with Crippen molar-refractivity contribution in [2.45, 2.75) is 24.8 Å². The van der Waals surface area contributed by atoms with Crippen LogP contribution in [0.2, 0.25) is 0 Å². The lowest BCUT2D eigenvalue weighted by molar-refractivity contribution is 0.0513. The zero-order chi connectivity index (χ0) is 22.1. The van der Waals surface area contributed by atoms with Crippen molar-refractivity contribution in [1.82, 2.24) is 10.6 Å². The number of aliphatic imine (C=N–C) groups is 1. The van der Waals surface area contributed by atoms with Crippen LogP contribution in [0.15, 0.2) is 47.5 Å². The quantitative estimate of drug-likeness (QED) is 0.498. The predicted octanol–water partition coefficient (Wildman–Crippen LogP) is 3.13. The summed E-state index contributed by atoms with van der Waals surface area (Å²) in [6.07, 6.45) is 1.91. The lowest BCUT2D eigenvalue weighted by Crippen LogP contribution is -2.47. The third-order valence-electron chi connectivity index (χ3n) is 5.88. The van der Waals surface area contributed by atoms with Gasteiger partial charge in [0.25, 0.3) is 0 Å². The first-order valence-electron chi connectivity index (χ1n) is 10.5. The minimum Gasteiger partial charge on any atom is -0.497 e. The molecule has 0 atom stereocenters. The Morgan fingerprint density at radius 3 is 2.26 bits per heavy atom. The van der Waals surface area contributed by atoms with Gasteiger partial charge in [0.05, 0.1) is 21.3 Å². The monoisotopic (exact) mass is 427 g/mol. The van der Waals surface area contributed by atoms with Gasteiger partial charge in [0.15, 0.2) is 17.5 Å². The molecule has 0 bridgehead atoms. The summed E-state index contributed by atoms with van der Waals surface area (Å²) in [5.74, 6) is 3.06. The van der Waals surface area contributed by atoms with Crippen LogP contribution < -0.4 is 24.8 Å². The Morgan fingerprint density at radius 1 is 0.935 bits per heavy atom. The van der Waals surface area contributed by atoms with Gasteiger partial charge >= 0.3 is 0 Å². The highest BCUT2D eigenvalue weighted by Crippen LogP contribution is 2.35. The first kappa shape index (κ1) is 22.7. The number of benzene rings is 2. The van der Waals surface area contributed by atoms with Gasteiger partial charge in [0.1, 0.15) is 5.75 Å². The third-order valence-corrected chi connectivity index (χ3v) is 5.88. The maximum Gasteiger partial charge on any atom is 0.191 e. The zero-order valence-corrected chi connectivity index (χ0v) is 18.9. The van der Waals surface area contributed by atoms with E-state index in [1.165, 1.54) is 5.56 Å². The second kappa shape index (κ2) is 10.9. The molecular formula is C24H33N3O4.